The van der Waals surface area contributed by atoms with Crippen LogP contribution in [0.25, 0.3) is 5.69 Å². The number of carbonyl (C=O) groups is 2. The highest BCUT2D eigenvalue weighted by Crippen LogP contribution is 2.39. The van der Waals surface area contributed by atoms with Crippen molar-refractivity contribution in [3.8, 4) is 17.2 Å². The van der Waals surface area contributed by atoms with Gasteiger partial charge in [0.2, 0.25) is 0 Å². The third kappa shape index (κ3) is 13.3. The summed E-state index contributed by atoms with van der Waals surface area (Å²) in [7, 11) is -3.20. The number of carboxylic acids is 1. The molecule has 6 N–H and O–H groups in total. The predicted octanol–water partition coefficient (Wildman–Crippen LogP) is 5.19. The summed E-state index contributed by atoms with van der Waals surface area (Å²) >= 11 is 11.9. The third-order valence-electron chi connectivity index (χ3n) is 6.26. The predicted molar refractivity (Wildman–Crippen MR) is 189 cm³/mol. The summed E-state index contributed by atoms with van der Waals surface area (Å²) in [5.74, 6) is -1.07. The normalized spacial score (nSPS) is 11.1. The first-order chi connectivity index (χ1) is 24.9. The Morgan fingerprint density at radius 2 is 1.67 bits per heavy atom. The van der Waals surface area contributed by atoms with E-state index < -0.39 is 66.5 Å². The zero-order chi connectivity index (χ0) is 41.1. The molecule has 0 unspecified atom stereocenters. The van der Waals surface area contributed by atoms with Gasteiger partial charge in [0, 0.05) is 19.2 Å². The molecule has 0 amide bonds. The monoisotopic (exact) mass is 823 g/mol. The van der Waals surface area contributed by atoms with Gasteiger partial charge in [0.1, 0.15) is 27.9 Å². The minimum Gasteiger partial charge on any atom is -0.480 e. The van der Waals surface area contributed by atoms with E-state index in [2.05, 4.69) is 5.32 Å². The van der Waals surface area contributed by atoms with E-state index in [1.165, 1.54) is 24.3 Å². The highest BCUT2D eigenvalue weighted by Gasteiger charge is 2.35. The molecule has 4 rings (SSSR count). The van der Waals surface area contributed by atoms with E-state index in [-0.39, 0.29) is 38.4 Å². The number of nitro benzene ring substituents is 1. The van der Waals surface area contributed by atoms with Crippen LogP contribution in [0.2, 0.25) is 10.0 Å². The number of alkyl halides is 3. The van der Waals surface area contributed by atoms with Crippen LogP contribution >= 0.6 is 30.8 Å². The van der Waals surface area contributed by atoms with Gasteiger partial charge in [0.25, 0.3) is 11.2 Å². The molecule has 0 radical (unpaired) electrons. The van der Waals surface area contributed by atoms with Gasteiger partial charge >= 0.3 is 31.4 Å². The molecule has 1 heterocycles. The molecule has 292 valence electrons. The Kier molecular flexibility index (Phi) is 16.0. The van der Waals surface area contributed by atoms with Crippen LogP contribution in [0.3, 0.4) is 0 Å². The van der Waals surface area contributed by atoms with Gasteiger partial charge < -0.3 is 30.1 Å². The van der Waals surface area contributed by atoms with Crippen molar-refractivity contribution < 1.29 is 56.6 Å². The van der Waals surface area contributed by atoms with Gasteiger partial charge in [-0.1, -0.05) is 41.4 Å². The number of aliphatic carboxylic acids is 1. The van der Waals surface area contributed by atoms with Gasteiger partial charge in [0.15, 0.2) is 0 Å². The first kappa shape index (κ1) is 44.9. The number of hydrogen-bond acceptors (Lipinski definition) is 11. The van der Waals surface area contributed by atoms with Gasteiger partial charge in [-0.3, -0.25) is 34.2 Å². The molecule has 0 atom stereocenters. The van der Waals surface area contributed by atoms with Gasteiger partial charge in [-0.25, -0.2) is 14.2 Å². The molecule has 3 aromatic carbocycles. The van der Waals surface area contributed by atoms with E-state index in [9.17, 15) is 47.0 Å². The lowest BCUT2D eigenvalue weighted by Crippen LogP contribution is -2.40. The number of ether oxygens (including phenoxy) is 2. The lowest BCUT2D eigenvalue weighted by atomic mass is 10.2. The fourth-order valence-corrected chi connectivity index (χ4v) is 4.74. The molecular weight excluding hydrogens is 793 g/mol. The summed E-state index contributed by atoms with van der Waals surface area (Å²) in [5, 5.41) is 20.8. The first-order valence-corrected chi connectivity index (χ1v) is 17.3. The Bertz CT molecular complexity index is 2160. The Morgan fingerprint density at radius 1 is 1.06 bits per heavy atom. The lowest BCUT2D eigenvalue weighted by Gasteiger charge is -2.15. The van der Waals surface area contributed by atoms with Crippen molar-refractivity contribution in [3.63, 3.8) is 0 Å². The Balaban J connectivity index is 0.000000311. The molecule has 0 aliphatic carbocycles. The van der Waals surface area contributed by atoms with E-state index in [1.807, 2.05) is 6.07 Å². The number of nitro groups is 1. The topological polar surface area (TPSA) is 256 Å². The Hall–Kier alpha value is -5.24. The maximum absolute atomic E-state index is 12.9. The second-order valence-corrected chi connectivity index (χ2v) is 13.2. The van der Waals surface area contributed by atoms with Crippen LogP contribution < -0.4 is 27.0 Å². The minimum absolute atomic E-state index is 0.0104. The number of aromatic nitrogens is 2. The first-order valence-electron chi connectivity index (χ1n) is 14.8. The van der Waals surface area contributed by atoms with Crippen LogP contribution in [0.5, 0.6) is 11.5 Å². The number of benzene rings is 3. The summed E-state index contributed by atoms with van der Waals surface area (Å²) < 4.78 is 60.1. The van der Waals surface area contributed by atoms with Crippen molar-refractivity contribution in [2.75, 3.05) is 18.6 Å². The maximum Gasteiger partial charge on any atom is 0.431 e. The molecule has 54 heavy (non-hydrogen) atoms. The average molecular weight is 824 g/mol. The molecular formula is C31H31Cl2F3N5O12P. The molecule has 0 fully saturated rings. The number of rotatable bonds is 10. The van der Waals surface area contributed by atoms with E-state index in [4.69, 9.17) is 53.3 Å². The number of carboxylic acid groups (broad SMARTS) is 1. The molecule has 0 bridgehead atoms. The van der Waals surface area contributed by atoms with Crippen LogP contribution in [-0.2, 0) is 27.3 Å². The quantitative estimate of drug-likeness (QED) is 0.0454. The molecule has 0 spiro atoms. The number of nitrogen functional groups attached to an aromatic ring is 1. The van der Waals surface area contributed by atoms with Crippen molar-refractivity contribution >= 4 is 54.1 Å². The van der Waals surface area contributed by atoms with Gasteiger partial charge in [-0.05, 0) is 50.2 Å². The van der Waals surface area contributed by atoms with Crippen molar-refractivity contribution in [2.45, 2.75) is 26.1 Å². The van der Waals surface area contributed by atoms with Crippen LogP contribution in [0.1, 0.15) is 29.9 Å². The van der Waals surface area contributed by atoms with Crippen LogP contribution in [0.15, 0.2) is 76.3 Å². The number of esters is 1. The molecule has 23 heteroatoms. The SMILES string of the molecule is CC(C)OC(=O)c1cc(-n2c(=O)cc(C(F)(F)F)n(C)c2=O)ccc1Cl.Nc1c([N+](=O)[O-])ccc(Oc2ccccc2)c1Cl.O=C(O)CNCP(=O)(O)O. The minimum atomic E-state index is -4.86. The number of nitrogens with zero attached hydrogens (tertiary/aromatic N) is 3. The van der Waals surface area contributed by atoms with Crippen LogP contribution in [0.4, 0.5) is 24.5 Å². The van der Waals surface area contributed by atoms with Gasteiger partial charge in [-0.15, -0.1) is 0 Å². The van der Waals surface area contributed by atoms with Crippen molar-refractivity contribution in [3.05, 3.63) is 119 Å². The van der Waals surface area contributed by atoms with E-state index >= 15 is 0 Å². The number of nitrogens with two attached hydrogens (primary N) is 1. The fraction of sp³-hybridized carbons (Fsp3) is 0.226. The number of anilines is 1. The fourth-order valence-electron chi connectivity index (χ4n) is 3.95. The average Bonchev–Trinajstić information content (AvgIpc) is 3.05. The van der Waals surface area contributed by atoms with Gasteiger partial charge in [0.05, 0.1) is 40.1 Å². The molecule has 17 nitrogen and oxygen atoms in total. The lowest BCUT2D eigenvalue weighted by molar-refractivity contribution is -0.383. The largest absolute Gasteiger partial charge is 0.480 e. The zero-order valence-electron chi connectivity index (χ0n) is 28.1. The second kappa shape index (κ2) is 19.2. The van der Waals surface area contributed by atoms with Crippen molar-refractivity contribution in [2.24, 2.45) is 7.05 Å². The van der Waals surface area contributed by atoms with E-state index in [1.54, 1.807) is 38.1 Å². The number of halogens is 5. The van der Waals surface area contributed by atoms with Gasteiger partial charge in [-0.2, -0.15) is 13.2 Å². The third-order valence-corrected chi connectivity index (χ3v) is 7.62. The zero-order valence-corrected chi connectivity index (χ0v) is 30.5. The van der Waals surface area contributed by atoms with Crippen LogP contribution in [0, 0.1) is 10.1 Å². The highest BCUT2D eigenvalue weighted by molar-refractivity contribution is 7.51. The Morgan fingerprint density at radius 3 is 2.19 bits per heavy atom. The maximum atomic E-state index is 12.9. The Labute approximate surface area is 312 Å². The van der Waals surface area contributed by atoms with E-state index in [0.717, 1.165) is 13.1 Å². The standard InChI is InChI=1S/C16H14ClF3N2O4.C12H9ClN2O3.C3H8NO5P/c1-8(2)26-14(24)10-6-9(4-5-11(10)17)22-13(23)7-12(16(18,19)20)21(3)15(22)25;13-11-10(18-8-4-2-1-3-5-8)7-6-9(12(11)14)15(16)17;5-3(6)1-4-2-10(7,8)9/h4-8H,1-3H3;1-7H,14H2;4H,1-2H2,(H,5,6)(H2,7,8,9). The summed E-state index contributed by atoms with van der Waals surface area (Å²) in [6.45, 7) is 2.79. The molecule has 0 aliphatic heterocycles. The molecule has 1 aromatic heterocycles. The number of para-hydroxylation sites is 1. The smallest absolute Gasteiger partial charge is 0.431 e. The summed E-state index contributed by atoms with van der Waals surface area (Å²) in [6.07, 6.45) is -5.90. The number of hydrogen-bond donors (Lipinski definition) is 5. The van der Waals surface area contributed by atoms with Crippen molar-refractivity contribution in [1.82, 2.24) is 14.5 Å². The van der Waals surface area contributed by atoms with E-state index in [0.29, 0.717) is 21.0 Å². The number of nitrogens with one attached hydrogen (secondary N) is 1. The molecule has 0 aliphatic rings. The van der Waals surface area contributed by atoms with Crippen molar-refractivity contribution in [1.29, 1.82) is 0 Å². The molecule has 0 saturated heterocycles. The number of carbonyl (C=O) groups excluding carboxylic acids is 1. The van der Waals surface area contributed by atoms with Crippen LogP contribution in [-0.4, -0.2) is 59.8 Å². The molecule has 0 saturated carbocycles. The molecule has 4 aromatic rings. The summed E-state index contributed by atoms with van der Waals surface area (Å²) in [5.41, 5.74) is 1.24. The highest BCUT2D eigenvalue weighted by atomic mass is 35.5. The summed E-state index contributed by atoms with van der Waals surface area (Å²) in [4.78, 5) is 72.7. The second-order valence-electron chi connectivity index (χ2n) is 10.8. The summed E-state index contributed by atoms with van der Waals surface area (Å²) in [6, 6.07) is 15.5.